The summed E-state index contributed by atoms with van der Waals surface area (Å²) in [5.74, 6) is 0.558. The first-order valence-corrected chi connectivity index (χ1v) is 12.4. The molecule has 2 heterocycles. The number of rotatable bonds is 8. The average Bonchev–Trinajstić information content (AvgIpc) is 2.86. The van der Waals surface area contributed by atoms with Gasteiger partial charge in [0.05, 0.1) is 12.5 Å². The summed E-state index contributed by atoms with van der Waals surface area (Å²) in [6.07, 6.45) is 2.90. The molecule has 178 valence electrons. The molecule has 0 amide bonds. The molecule has 2 aromatic carbocycles. The van der Waals surface area contributed by atoms with Gasteiger partial charge in [0.2, 0.25) is 5.75 Å². The number of nitrogens with one attached hydrogen (secondary N) is 1. The molecule has 8 nitrogen and oxygen atoms in total. The molecule has 0 aliphatic carbocycles. The monoisotopic (exact) mass is 528 g/mol. The van der Waals surface area contributed by atoms with Crippen molar-refractivity contribution < 1.29 is 17.9 Å². The van der Waals surface area contributed by atoms with Gasteiger partial charge in [0.15, 0.2) is 28.3 Å². The van der Waals surface area contributed by atoms with Crippen molar-refractivity contribution in [3.8, 4) is 28.6 Å². The van der Waals surface area contributed by atoms with E-state index in [1.165, 1.54) is 19.4 Å². The molecule has 4 rings (SSSR count). The zero-order chi connectivity index (χ0) is 24.8. The van der Waals surface area contributed by atoms with Crippen molar-refractivity contribution in [3.63, 3.8) is 0 Å². The van der Waals surface area contributed by atoms with Crippen LogP contribution in [0.1, 0.15) is 5.56 Å². The maximum Gasteiger partial charge on any atom is 0.256 e. The fourth-order valence-electron chi connectivity index (χ4n) is 2.93. The maximum atomic E-state index is 12.9. The standard InChI is InChI=1S/C24H18Cl2N4O4S/c1-33-18-9-5-6-10-19(18)34-21-22(26)28-23(17-11-12-20(25)27-15-17)29-24(21)30-35(31,32)14-13-16-7-3-2-4-8-16/h2-15H,1H3,(H,28,29,30)/b14-13+. The third-order valence-corrected chi connectivity index (χ3v) is 6.02. The van der Waals surface area contributed by atoms with Gasteiger partial charge in [-0.1, -0.05) is 65.7 Å². The Labute approximate surface area is 212 Å². The summed E-state index contributed by atoms with van der Waals surface area (Å²) in [5, 5.41) is 1.18. The molecule has 0 aliphatic heterocycles. The van der Waals surface area contributed by atoms with Crippen LogP contribution in [0, 0.1) is 0 Å². The second-order valence-corrected chi connectivity index (χ2v) is 9.31. The number of pyridine rings is 1. The molecule has 0 fully saturated rings. The Kier molecular flexibility index (Phi) is 7.50. The van der Waals surface area contributed by atoms with Crippen molar-refractivity contribution in [2.75, 3.05) is 11.8 Å². The number of para-hydroxylation sites is 2. The fourth-order valence-corrected chi connectivity index (χ4v) is 4.07. The summed E-state index contributed by atoms with van der Waals surface area (Å²) >= 11 is 12.3. The number of methoxy groups -OCH3 is 1. The second-order valence-electron chi connectivity index (χ2n) is 7.00. The van der Waals surface area contributed by atoms with Crippen molar-refractivity contribution >= 4 is 45.1 Å². The third-order valence-electron chi connectivity index (χ3n) is 4.57. The molecular weight excluding hydrogens is 511 g/mol. The van der Waals surface area contributed by atoms with E-state index < -0.39 is 10.0 Å². The lowest BCUT2D eigenvalue weighted by atomic mass is 10.2. The van der Waals surface area contributed by atoms with E-state index in [9.17, 15) is 8.42 Å². The minimum absolute atomic E-state index is 0.0986. The first-order chi connectivity index (χ1) is 16.8. The first-order valence-electron chi connectivity index (χ1n) is 10.1. The minimum Gasteiger partial charge on any atom is -0.493 e. The highest BCUT2D eigenvalue weighted by atomic mass is 35.5. The Hall–Kier alpha value is -3.66. The number of hydrogen-bond donors (Lipinski definition) is 1. The molecular formula is C24H18Cl2N4O4S. The molecule has 2 aromatic heterocycles. The summed E-state index contributed by atoms with van der Waals surface area (Å²) in [4.78, 5) is 12.6. The largest absolute Gasteiger partial charge is 0.493 e. The van der Waals surface area contributed by atoms with E-state index in [-0.39, 0.29) is 27.7 Å². The van der Waals surface area contributed by atoms with Gasteiger partial charge < -0.3 is 9.47 Å². The molecule has 0 saturated carbocycles. The van der Waals surface area contributed by atoms with E-state index in [1.807, 2.05) is 6.07 Å². The van der Waals surface area contributed by atoms with Crippen LogP contribution in [0.3, 0.4) is 0 Å². The molecule has 0 spiro atoms. The van der Waals surface area contributed by atoms with E-state index in [4.69, 9.17) is 32.7 Å². The molecule has 0 atom stereocenters. The van der Waals surface area contributed by atoms with E-state index in [2.05, 4.69) is 19.7 Å². The lowest BCUT2D eigenvalue weighted by molar-refractivity contribution is 0.378. The highest BCUT2D eigenvalue weighted by molar-refractivity contribution is 7.95. The number of nitrogens with zero attached hydrogens (tertiary/aromatic N) is 3. The quantitative estimate of drug-likeness (QED) is 0.219. The van der Waals surface area contributed by atoms with Gasteiger partial charge in [0.25, 0.3) is 10.0 Å². The highest BCUT2D eigenvalue weighted by Gasteiger charge is 2.21. The van der Waals surface area contributed by atoms with Gasteiger partial charge in [0.1, 0.15) is 5.15 Å². The molecule has 1 N–H and O–H groups in total. The molecule has 35 heavy (non-hydrogen) atoms. The van der Waals surface area contributed by atoms with Crippen molar-refractivity contribution in [1.29, 1.82) is 0 Å². The molecule has 4 aromatic rings. The maximum absolute atomic E-state index is 12.9. The summed E-state index contributed by atoms with van der Waals surface area (Å²) in [7, 11) is -2.53. The number of anilines is 1. The van der Waals surface area contributed by atoms with Crippen LogP contribution in [0.5, 0.6) is 17.2 Å². The Morgan fingerprint density at radius 1 is 0.914 bits per heavy atom. The van der Waals surface area contributed by atoms with Crippen LogP contribution < -0.4 is 14.2 Å². The van der Waals surface area contributed by atoms with E-state index in [1.54, 1.807) is 60.7 Å². The van der Waals surface area contributed by atoms with Gasteiger partial charge in [-0.2, -0.15) is 0 Å². The number of ether oxygens (including phenoxy) is 2. The van der Waals surface area contributed by atoms with Crippen LogP contribution in [0.15, 0.2) is 78.3 Å². The summed E-state index contributed by atoms with van der Waals surface area (Å²) in [5.41, 5.74) is 1.18. The van der Waals surface area contributed by atoms with Crippen LogP contribution >= 0.6 is 23.2 Å². The van der Waals surface area contributed by atoms with Crippen LogP contribution in [0.25, 0.3) is 17.5 Å². The van der Waals surface area contributed by atoms with E-state index in [0.29, 0.717) is 22.6 Å². The van der Waals surface area contributed by atoms with Crippen molar-refractivity contribution in [3.05, 3.63) is 94.2 Å². The predicted octanol–water partition coefficient (Wildman–Crippen LogP) is 6.06. The molecule has 0 radical (unpaired) electrons. The topological polar surface area (TPSA) is 103 Å². The van der Waals surface area contributed by atoms with Gasteiger partial charge in [-0.3, -0.25) is 4.72 Å². The lowest BCUT2D eigenvalue weighted by Gasteiger charge is -2.15. The normalized spacial score (nSPS) is 11.4. The predicted molar refractivity (Wildman–Crippen MR) is 136 cm³/mol. The zero-order valence-corrected chi connectivity index (χ0v) is 20.6. The fraction of sp³-hybridized carbons (Fsp3) is 0.0417. The van der Waals surface area contributed by atoms with Gasteiger partial charge in [-0.05, 0) is 35.9 Å². The number of halogens is 2. The van der Waals surface area contributed by atoms with Crippen LogP contribution in [-0.4, -0.2) is 30.5 Å². The van der Waals surface area contributed by atoms with E-state index in [0.717, 1.165) is 5.41 Å². The zero-order valence-electron chi connectivity index (χ0n) is 18.2. The SMILES string of the molecule is COc1ccccc1Oc1c(Cl)nc(-c2ccc(Cl)nc2)nc1NS(=O)(=O)/C=C/c1ccccc1. The van der Waals surface area contributed by atoms with Gasteiger partial charge in [-0.25, -0.2) is 23.4 Å². The number of aromatic nitrogens is 3. The Balaban J connectivity index is 1.76. The molecule has 0 saturated heterocycles. The molecule has 0 aliphatic rings. The van der Waals surface area contributed by atoms with Crippen LogP contribution in [0.2, 0.25) is 10.3 Å². The van der Waals surface area contributed by atoms with Crippen molar-refractivity contribution in [2.24, 2.45) is 0 Å². The highest BCUT2D eigenvalue weighted by Crippen LogP contribution is 2.39. The molecule has 0 bridgehead atoms. The van der Waals surface area contributed by atoms with E-state index >= 15 is 0 Å². The lowest BCUT2D eigenvalue weighted by Crippen LogP contribution is -2.12. The van der Waals surface area contributed by atoms with Crippen molar-refractivity contribution in [1.82, 2.24) is 15.0 Å². The minimum atomic E-state index is -4.01. The molecule has 11 heteroatoms. The summed E-state index contributed by atoms with van der Waals surface area (Å²) in [6.45, 7) is 0. The Bertz CT molecular complexity index is 1470. The van der Waals surface area contributed by atoms with Crippen molar-refractivity contribution in [2.45, 2.75) is 0 Å². The summed E-state index contributed by atoms with van der Waals surface area (Å²) < 4.78 is 39.4. The van der Waals surface area contributed by atoms with Crippen LogP contribution in [0.4, 0.5) is 5.82 Å². The first kappa shape index (κ1) is 24.5. The third kappa shape index (κ3) is 6.27. The number of hydrogen-bond acceptors (Lipinski definition) is 7. The average molecular weight is 529 g/mol. The smallest absolute Gasteiger partial charge is 0.256 e. The van der Waals surface area contributed by atoms with Gasteiger partial charge >= 0.3 is 0 Å². The molecule has 0 unspecified atom stereocenters. The Morgan fingerprint density at radius 2 is 1.63 bits per heavy atom. The number of benzene rings is 2. The van der Waals surface area contributed by atoms with Crippen LogP contribution in [-0.2, 0) is 10.0 Å². The van der Waals surface area contributed by atoms with Gasteiger partial charge in [0, 0.05) is 11.8 Å². The van der Waals surface area contributed by atoms with Gasteiger partial charge in [-0.15, -0.1) is 0 Å². The second kappa shape index (κ2) is 10.7. The summed E-state index contributed by atoms with van der Waals surface area (Å²) in [6, 6.07) is 19.0. The Morgan fingerprint density at radius 3 is 2.31 bits per heavy atom. The number of sulfonamides is 1.